The number of hydrogen-bond acceptors (Lipinski definition) is 1. The van der Waals surface area contributed by atoms with E-state index < -0.39 is 0 Å². The van der Waals surface area contributed by atoms with E-state index in [9.17, 15) is 4.39 Å². The number of rotatable bonds is 9. The van der Waals surface area contributed by atoms with Crippen LogP contribution in [0.15, 0.2) is 18.2 Å². The third-order valence-electron chi connectivity index (χ3n) is 3.35. The maximum atomic E-state index is 13.8. The summed E-state index contributed by atoms with van der Waals surface area (Å²) in [5, 5.41) is 4.05. The summed E-state index contributed by atoms with van der Waals surface area (Å²) in [4.78, 5) is 0. The Bertz CT molecular complexity index is 348. The molecule has 0 aliphatic rings. The van der Waals surface area contributed by atoms with E-state index in [2.05, 4.69) is 19.2 Å². The molecule has 108 valence electrons. The van der Waals surface area contributed by atoms with Gasteiger partial charge in [0.25, 0.3) is 0 Å². The lowest BCUT2D eigenvalue weighted by molar-refractivity contribution is 0.449. The highest BCUT2D eigenvalue weighted by Gasteiger charge is 2.14. The van der Waals surface area contributed by atoms with E-state index in [1.807, 2.05) is 0 Å². The first-order valence-corrected chi connectivity index (χ1v) is 7.73. The lowest BCUT2D eigenvalue weighted by Crippen LogP contribution is -2.32. The second-order valence-electron chi connectivity index (χ2n) is 5.05. The van der Waals surface area contributed by atoms with E-state index in [-0.39, 0.29) is 5.82 Å². The van der Waals surface area contributed by atoms with Crippen molar-refractivity contribution in [3.05, 3.63) is 34.6 Å². The number of unbranched alkanes of at least 4 members (excludes halogenated alkanes) is 2. The van der Waals surface area contributed by atoms with Gasteiger partial charge in [0.2, 0.25) is 0 Å². The Kier molecular flexibility index (Phi) is 8.08. The molecule has 0 amide bonds. The summed E-state index contributed by atoms with van der Waals surface area (Å²) in [5.41, 5.74) is 0.647. The molecule has 1 aromatic rings. The average Bonchev–Trinajstić information content (AvgIpc) is 2.39. The van der Waals surface area contributed by atoms with Crippen LogP contribution in [0.5, 0.6) is 0 Å². The number of nitrogens with one attached hydrogen (secondary N) is 1. The summed E-state index contributed by atoms with van der Waals surface area (Å²) in [6.07, 6.45) is 6.48. The Morgan fingerprint density at radius 3 is 2.63 bits per heavy atom. The van der Waals surface area contributed by atoms with Crippen LogP contribution < -0.4 is 5.32 Å². The fourth-order valence-electron chi connectivity index (χ4n) is 2.24. The van der Waals surface area contributed by atoms with Gasteiger partial charge in [-0.1, -0.05) is 50.8 Å². The molecule has 0 heterocycles. The third kappa shape index (κ3) is 5.92. The molecule has 1 unspecified atom stereocenters. The van der Waals surface area contributed by atoms with Crippen molar-refractivity contribution < 1.29 is 4.39 Å². The molecule has 3 heteroatoms. The molecule has 1 atom stereocenters. The Labute approximate surface area is 121 Å². The normalized spacial score (nSPS) is 12.6. The molecule has 0 aromatic heterocycles. The van der Waals surface area contributed by atoms with Crippen molar-refractivity contribution in [2.24, 2.45) is 0 Å². The summed E-state index contributed by atoms with van der Waals surface area (Å²) in [5.74, 6) is -0.189. The van der Waals surface area contributed by atoms with Gasteiger partial charge in [0, 0.05) is 16.6 Å². The smallest absolute Gasteiger partial charge is 0.127 e. The van der Waals surface area contributed by atoms with Crippen LogP contribution in [0.1, 0.15) is 51.5 Å². The predicted molar refractivity (Wildman–Crippen MR) is 81.3 cm³/mol. The molecular weight excluding hydrogens is 261 g/mol. The number of benzene rings is 1. The van der Waals surface area contributed by atoms with Gasteiger partial charge in [-0.3, -0.25) is 0 Å². The van der Waals surface area contributed by atoms with Crippen molar-refractivity contribution in [2.45, 2.75) is 58.4 Å². The van der Waals surface area contributed by atoms with E-state index in [1.165, 1.54) is 25.3 Å². The molecule has 0 aliphatic heterocycles. The van der Waals surface area contributed by atoms with Crippen molar-refractivity contribution in [1.29, 1.82) is 0 Å². The molecule has 1 aromatic carbocycles. The van der Waals surface area contributed by atoms with E-state index in [1.54, 1.807) is 12.1 Å². The molecule has 0 bridgehead atoms. The second-order valence-corrected chi connectivity index (χ2v) is 5.46. The van der Waals surface area contributed by atoms with Gasteiger partial charge in [-0.05, 0) is 37.9 Å². The minimum absolute atomic E-state index is 0.189. The van der Waals surface area contributed by atoms with Crippen molar-refractivity contribution in [3.8, 4) is 0 Å². The summed E-state index contributed by atoms with van der Waals surface area (Å²) in [6, 6.07) is 5.24. The van der Waals surface area contributed by atoms with Crippen LogP contribution in [0.25, 0.3) is 0 Å². The zero-order valence-corrected chi connectivity index (χ0v) is 12.8. The molecular formula is C16H25ClFN. The zero-order chi connectivity index (χ0) is 14.1. The highest BCUT2D eigenvalue weighted by molar-refractivity contribution is 6.31. The van der Waals surface area contributed by atoms with Crippen LogP contribution in [0, 0.1) is 5.82 Å². The standard InChI is InChI=1S/C16H25ClFN/c1-3-5-6-8-13(19-11-4-2)12-14-15(17)9-7-10-16(14)18/h7,9-10,13,19H,3-6,8,11-12H2,1-2H3. The zero-order valence-electron chi connectivity index (χ0n) is 12.0. The van der Waals surface area contributed by atoms with Crippen molar-refractivity contribution in [1.82, 2.24) is 5.32 Å². The summed E-state index contributed by atoms with van der Waals surface area (Å²) in [6.45, 7) is 5.32. The fraction of sp³-hybridized carbons (Fsp3) is 0.625. The van der Waals surface area contributed by atoms with Gasteiger partial charge in [-0.25, -0.2) is 4.39 Å². The van der Waals surface area contributed by atoms with E-state index >= 15 is 0 Å². The Hall–Kier alpha value is -0.600. The van der Waals surface area contributed by atoms with Gasteiger partial charge in [0.1, 0.15) is 5.82 Å². The van der Waals surface area contributed by atoms with Crippen LogP contribution in [-0.2, 0) is 6.42 Å². The van der Waals surface area contributed by atoms with Crippen molar-refractivity contribution >= 4 is 11.6 Å². The number of halogens is 2. The van der Waals surface area contributed by atoms with E-state index in [0.29, 0.717) is 23.0 Å². The minimum Gasteiger partial charge on any atom is -0.314 e. The first kappa shape index (κ1) is 16.5. The lowest BCUT2D eigenvalue weighted by Gasteiger charge is -2.19. The van der Waals surface area contributed by atoms with Gasteiger partial charge in [0.15, 0.2) is 0 Å². The molecule has 0 radical (unpaired) electrons. The van der Waals surface area contributed by atoms with Crippen LogP contribution in [0.3, 0.4) is 0 Å². The highest BCUT2D eigenvalue weighted by Crippen LogP contribution is 2.22. The van der Waals surface area contributed by atoms with Gasteiger partial charge in [-0.15, -0.1) is 0 Å². The fourth-order valence-corrected chi connectivity index (χ4v) is 2.48. The predicted octanol–water partition coefficient (Wildman–Crippen LogP) is 4.97. The van der Waals surface area contributed by atoms with Crippen LogP contribution in [0.2, 0.25) is 5.02 Å². The SMILES string of the molecule is CCCCCC(Cc1c(F)cccc1Cl)NCCC. The first-order valence-electron chi connectivity index (χ1n) is 7.35. The van der Waals surface area contributed by atoms with Crippen molar-refractivity contribution in [2.75, 3.05) is 6.54 Å². The summed E-state index contributed by atoms with van der Waals surface area (Å²) < 4.78 is 13.8. The maximum Gasteiger partial charge on any atom is 0.127 e. The van der Waals surface area contributed by atoms with Crippen LogP contribution in [-0.4, -0.2) is 12.6 Å². The van der Waals surface area contributed by atoms with E-state index in [4.69, 9.17) is 11.6 Å². The highest BCUT2D eigenvalue weighted by atomic mass is 35.5. The summed E-state index contributed by atoms with van der Waals surface area (Å²) in [7, 11) is 0. The molecule has 0 spiro atoms. The first-order chi connectivity index (χ1) is 9.19. The number of hydrogen-bond donors (Lipinski definition) is 1. The molecule has 19 heavy (non-hydrogen) atoms. The molecule has 0 saturated carbocycles. The third-order valence-corrected chi connectivity index (χ3v) is 3.71. The Morgan fingerprint density at radius 1 is 1.21 bits per heavy atom. The Balaban J connectivity index is 2.64. The van der Waals surface area contributed by atoms with Crippen LogP contribution >= 0.6 is 11.6 Å². The minimum atomic E-state index is -0.189. The Morgan fingerprint density at radius 2 is 2.00 bits per heavy atom. The second kappa shape index (κ2) is 9.33. The molecule has 0 saturated heterocycles. The van der Waals surface area contributed by atoms with Gasteiger partial charge < -0.3 is 5.32 Å². The quantitative estimate of drug-likeness (QED) is 0.632. The molecule has 0 aliphatic carbocycles. The average molecular weight is 286 g/mol. The largest absolute Gasteiger partial charge is 0.314 e. The summed E-state index contributed by atoms with van der Waals surface area (Å²) >= 11 is 6.10. The van der Waals surface area contributed by atoms with Gasteiger partial charge in [0.05, 0.1) is 0 Å². The molecule has 0 fully saturated rings. The monoisotopic (exact) mass is 285 g/mol. The topological polar surface area (TPSA) is 12.0 Å². The molecule has 1 rings (SSSR count). The van der Waals surface area contributed by atoms with Crippen molar-refractivity contribution in [3.63, 3.8) is 0 Å². The van der Waals surface area contributed by atoms with Gasteiger partial charge >= 0.3 is 0 Å². The molecule has 1 N–H and O–H groups in total. The lowest BCUT2D eigenvalue weighted by atomic mass is 9.99. The molecule has 1 nitrogen and oxygen atoms in total. The van der Waals surface area contributed by atoms with E-state index in [0.717, 1.165) is 19.4 Å². The van der Waals surface area contributed by atoms with Gasteiger partial charge in [-0.2, -0.15) is 0 Å². The maximum absolute atomic E-state index is 13.8. The van der Waals surface area contributed by atoms with Crippen LogP contribution in [0.4, 0.5) is 4.39 Å².